The standard InChI is InChI=1S/C15H28N4/c1-15(2,3)16-8-13-6-5-7-19(11-13)12-14-9-17-18(4)10-14/h9-10,13,16H,5-8,11-12H2,1-4H3. The molecule has 1 aromatic heterocycles. The molecular weight excluding hydrogens is 236 g/mol. The first-order valence-electron chi connectivity index (χ1n) is 7.37. The second kappa shape index (κ2) is 6.06. The zero-order valence-corrected chi connectivity index (χ0v) is 12.8. The van der Waals surface area contributed by atoms with Crippen molar-refractivity contribution >= 4 is 0 Å². The average Bonchev–Trinajstić information content (AvgIpc) is 2.72. The minimum Gasteiger partial charge on any atom is -0.312 e. The molecule has 2 heterocycles. The van der Waals surface area contributed by atoms with Crippen molar-refractivity contribution in [2.75, 3.05) is 19.6 Å². The summed E-state index contributed by atoms with van der Waals surface area (Å²) in [5.41, 5.74) is 1.55. The highest BCUT2D eigenvalue weighted by molar-refractivity contribution is 5.03. The Balaban J connectivity index is 1.80. The molecule has 1 aliphatic heterocycles. The van der Waals surface area contributed by atoms with Gasteiger partial charge in [-0.2, -0.15) is 5.10 Å². The Hall–Kier alpha value is -0.870. The summed E-state index contributed by atoms with van der Waals surface area (Å²) >= 11 is 0. The molecule has 108 valence electrons. The summed E-state index contributed by atoms with van der Waals surface area (Å²) in [5.74, 6) is 0.782. The Kier molecular flexibility index (Phi) is 4.63. The van der Waals surface area contributed by atoms with Gasteiger partial charge in [-0.15, -0.1) is 0 Å². The minimum atomic E-state index is 0.228. The Morgan fingerprint density at radius 1 is 1.42 bits per heavy atom. The van der Waals surface area contributed by atoms with Crippen LogP contribution in [-0.2, 0) is 13.6 Å². The summed E-state index contributed by atoms with van der Waals surface area (Å²) in [7, 11) is 1.98. The predicted molar refractivity (Wildman–Crippen MR) is 79.0 cm³/mol. The molecule has 0 spiro atoms. The van der Waals surface area contributed by atoms with E-state index in [-0.39, 0.29) is 5.54 Å². The maximum atomic E-state index is 4.25. The Morgan fingerprint density at radius 2 is 2.21 bits per heavy atom. The number of likely N-dealkylation sites (tertiary alicyclic amines) is 1. The van der Waals surface area contributed by atoms with Gasteiger partial charge in [0.1, 0.15) is 0 Å². The first kappa shape index (κ1) is 14.5. The van der Waals surface area contributed by atoms with Gasteiger partial charge in [0.2, 0.25) is 0 Å². The van der Waals surface area contributed by atoms with E-state index in [1.807, 2.05) is 17.9 Å². The quantitative estimate of drug-likeness (QED) is 0.903. The largest absolute Gasteiger partial charge is 0.312 e. The van der Waals surface area contributed by atoms with Gasteiger partial charge in [0.05, 0.1) is 6.20 Å². The topological polar surface area (TPSA) is 33.1 Å². The third-order valence-corrected chi connectivity index (χ3v) is 3.69. The second-order valence-electron chi connectivity index (χ2n) is 6.90. The fraction of sp³-hybridized carbons (Fsp3) is 0.800. The highest BCUT2D eigenvalue weighted by atomic mass is 15.2. The number of rotatable bonds is 4. The Morgan fingerprint density at radius 3 is 2.84 bits per heavy atom. The summed E-state index contributed by atoms with van der Waals surface area (Å²) in [6, 6.07) is 0. The molecular formula is C15H28N4. The number of nitrogens with one attached hydrogen (secondary N) is 1. The smallest absolute Gasteiger partial charge is 0.0534 e. The van der Waals surface area contributed by atoms with Crippen molar-refractivity contribution in [2.45, 2.75) is 45.7 Å². The zero-order chi connectivity index (χ0) is 13.9. The van der Waals surface area contributed by atoms with Crippen LogP contribution in [0.25, 0.3) is 0 Å². The van der Waals surface area contributed by atoms with Crippen molar-refractivity contribution in [2.24, 2.45) is 13.0 Å². The molecule has 1 N–H and O–H groups in total. The van der Waals surface area contributed by atoms with Crippen LogP contribution in [-0.4, -0.2) is 39.9 Å². The number of nitrogens with zero attached hydrogens (tertiary/aromatic N) is 3. The summed E-state index contributed by atoms with van der Waals surface area (Å²) < 4.78 is 1.89. The monoisotopic (exact) mass is 264 g/mol. The third-order valence-electron chi connectivity index (χ3n) is 3.69. The number of aryl methyl sites for hydroxylation is 1. The van der Waals surface area contributed by atoms with Crippen LogP contribution in [0.5, 0.6) is 0 Å². The molecule has 19 heavy (non-hydrogen) atoms. The van der Waals surface area contributed by atoms with E-state index in [4.69, 9.17) is 0 Å². The van der Waals surface area contributed by atoms with Gasteiger partial charge in [-0.05, 0) is 52.6 Å². The van der Waals surface area contributed by atoms with E-state index < -0.39 is 0 Å². The minimum absolute atomic E-state index is 0.228. The number of aromatic nitrogens is 2. The molecule has 0 radical (unpaired) electrons. The molecule has 1 atom stereocenters. The molecule has 0 saturated carbocycles. The molecule has 0 aliphatic carbocycles. The van der Waals surface area contributed by atoms with Gasteiger partial charge in [0.25, 0.3) is 0 Å². The third kappa shape index (κ3) is 4.96. The van der Waals surface area contributed by atoms with E-state index >= 15 is 0 Å². The van der Waals surface area contributed by atoms with Gasteiger partial charge in [-0.1, -0.05) is 0 Å². The van der Waals surface area contributed by atoms with Crippen molar-refractivity contribution < 1.29 is 0 Å². The second-order valence-corrected chi connectivity index (χ2v) is 6.90. The van der Waals surface area contributed by atoms with Crippen molar-refractivity contribution in [1.82, 2.24) is 20.0 Å². The van der Waals surface area contributed by atoms with Crippen LogP contribution in [0.2, 0.25) is 0 Å². The van der Waals surface area contributed by atoms with Crippen molar-refractivity contribution in [3.63, 3.8) is 0 Å². The van der Waals surface area contributed by atoms with Crippen LogP contribution >= 0.6 is 0 Å². The molecule has 0 aromatic carbocycles. The highest BCUT2D eigenvalue weighted by Crippen LogP contribution is 2.18. The molecule has 4 heteroatoms. The summed E-state index contributed by atoms with van der Waals surface area (Å²) in [4.78, 5) is 2.56. The molecule has 0 amide bonds. The molecule has 1 fully saturated rings. The van der Waals surface area contributed by atoms with E-state index in [2.05, 4.69) is 42.3 Å². The van der Waals surface area contributed by atoms with Crippen LogP contribution in [0.3, 0.4) is 0 Å². The summed E-state index contributed by atoms with van der Waals surface area (Å²) in [5, 5.41) is 7.88. The zero-order valence-electron chi connectivity index (χ0n) is 12.8. The molecule has 2 rings (SSSR count). The van der Waals surface area contributed by atoms with Gasteiger partial charge in [0, 0.05) is 37.4 Å². The normalized spacial score (nSPS) is 21.8. The fourth-order valence-corrected chi connectivity index (χ4v) is 2.72. The lowest BCUT2D eigenvalue weighted by molar-refractivity contribution is 0.159. The van der Waals surface area contributed by atoms with E-state index in [0.29, 0.717) is 0 Å². The van der Waals surface area contributed by atoms with Crippen molar-refractivity contribution in [1.29, 1.82) is 0 Å². The number of piperidine rings is 1. The lowest BCUT2D eigenvalue weighted by Crippen LogP contribution is -2.44. The van der Waals surface area contributed by atoms with Gasteiger partial charge >= 0.3 is 0 Å². The number of hydrogen-bond acceptors (Lipinski definition) is 3. The van der Waals surface area contributed by atoms with Crippen LogP contribution in [0.4, 0.5) is 0 Å². The van der Waals surface area contributed by atoms with Gasteiger partial charge in [-0.25, -0.2) is 0 Å². The lowest BCUT2D eigenvalue weighted by atomic mass is 9.96. The fourth-order valence-electron chi connectivity index (χ4n) is 2.72. The van der Waals surface area contributed by atoms with Crippen molar-refractivity contribution in [3.05, 3.63) is 18.0 Å². The average molecular weight is 264 g/mol. The van der Waals surface area contributed by atoms with E-state index in [1.54, 1.807) is 0 Å². The van der Waals surface area contributed by atoms with Crippen LogP contribution in [0.1, 0.15) is 39.2 Å². The SMILES string of the molecule is Cn1cc(CN2CCCC(CNC(C)(C)C)C2)cn1. The van der Waals surface area contributed by atoms with Crippen LogP contribution in [0.15, 0.2) is 12.4 Å². The van der Waals surface area contributed by atoms with Crippen molar-refractivity contribution in [3.8, 4) is 0 Å². The van der Waals surface area contributed by atoms with E-state index in [1.165, 1.54) is 31.5 Å². The van der Waals surface area contributed by atoms with Gasteiger partial charge < -0.3 is 5.32 Å². The first-order valence-corrected chi connectivity index (χ1v) is 7.37. The molecule has 0 bridgehead atoms. The first-order chi connectivity index (χ1) is 8.92. The molecule has 4 nitrogen and oxygen atoms in total. The van der Waals surface area contributed by atoms with Gasteiger partial charge in [-0.3, -0.25) is 9.58 Å². The van der Waals surface area contributed by atoms with Gasteiger partial charge in [0.15, 0.2) is 0 Å². The lowest BCUT2D eigenvalue weighted by Gasteiger charge is -2.34. The summed E-state index contributed by atoms with van der Waals surface area (Å²) in [6.45, 7) is 11.3. The maximum Gasteiger partial charge on any atom is 0.0534 e. The molecule has 1 saturated heterocycles. The molecule has 1 aliphatic rings. The Bertz CT molecular complexity index is 391. The summed E-state index contributed by atoms with van der Waals surface area (Å²) in [6.07, 6.45) is 6.78. The van der Waals surface area contributed by atoms with Crippen LogP contribution < -0.4 is 5.32 Å². The molecule has 1 unspecified atom stereocenters. The molecule has 1 aromatic rings. The van der Waals surface area contributed by atoms with E-state index in [9.17, 15) is 0 Å². The Labute approximate surface area is 117 Å². The maximum absolute atomic E-state index is 4.25. The predicted octanol–water partition coefficient (Wildman–Crippen LogP) is 2.02. The highest BCUT2D eigenvalue weighted by Gasteiger charge is 2.21. The van der Waals surface area contributed by atoms with E-state index in [0.717, 1.165) is 19.0 Å². The van der Waals surface area contributed by atoms with Crippen LogP contribution in [0, 0.1) is 5.92 Å². The number of hydrogen-bond donors (Lipinski definition) is 1.